The molecule has 53 heavy (non-hydrogen) atoms. The zero-order chi connectivity index (χ0) is 39.0. The Morgan fingerprint density at radius 1 is 0.868 bits per heavy atom. The van der Waals surface area contributed by atoms with Crippen molar-refractivity contribution in [3.05, 3.63) is 104 Å². The van der Waals surface area contributed by atoms with Gasteiger partial charge >= 0.3 is 5.97 Å². The van der Waals surface area contributed by atoms with Crippen molar-refractivity contribution in [2.45, 2.75) is 60.8 Å². The Morgan fingerprint density at radius 3 is 2.11 bits per heavy atom. The summed E-state index contributed by atoms with van der Waals surface area (Å²) in [7, 11) is 12.4. The van der Waals surface area contributed by atoms with Crippen molar-refractivity contribution in [2.75, 3.05) is 68.6 Å². The van der Waals surface area contributed by atoms with Crippen LogP contribution in [0.4, 0.5) is 0 Å². The summed E-state index contributed by atoms with van der Waals surface area (Å²) in [5.41, 5.74) is 12.8. The molecule has 2 atom stereocenters. The van der Waals surface area contributed by atoms with Crippen molar-refractivity contribution in [1.82, 2.24) is 5.32 Å². The maximum absolute atomic E-state index is 14.0. The van der Waals surface area contributed by atoms with Gasteiger partial charge in [0.2, 0.25) is 0 Å². The molecule has 0 aliphatic carbocycles. The van der Waals surface area contributed by atoms with Crippen molar-refractivity contribution < 1.29 is 28.3 Å². The van der Waals surface area contributed by atoms with Crippen LogP contribution in [0.25, 0.3) is 0 Å². The third-order valence-corrected chi connectivity index (χ3v) is 10.7. The number of hydrogen-bond acceptors (Lipinski definition) is 8. The SMILES string of the molecule is C=CC1=C(C)C2=NC1=CC1=NC(=CC3=C(C)C(=C([O-])OCC[N+](C)(C)C)C(=N3)C(C)=C3NC(=C2)[C@@H](C)[C@@H]3CCC(=O)OCC[N+](C)(C)C)C(CC)=C1C. The van der Waals surface area contributed by atoms with E-state index in [1.54, 1.807) is 0 Å². The molecule has 8 bridgehead atoms. The fraction of sp³-hybridized carbons (Fsp3) is 0.488. The average Bonchev–Trinajstić information content (AvgIpc) is 3.75. The van der Waals surface area contributed by atoms with Gasteiger partial charge in [-0.15, -0.1) is 0 Å². The van der Waals surface area contributed by atoms with Crippen LogP contribution < -0.4 is 10.4 Å². The van der Waals surface area contributed by atoms with Gasteiger partial charge in [0.1, 0.15) is 13.2 Å². The quantitative estimate of drug-likeness (QED) is 0.152. The van der Waals surface area contributed by atoms with Gasteiger partial charge in [-0.3, -0.25) is 4.79 Å². The highest BCUT2D eigenvalue weighted by Crippen LogP contribution is 2.42. The Bertz CT molecular complexity index is 1940. The molecule has 10 nitrogen and oxygen atoms in total. The summed E-state index contributed by atoms with van der Waals surface area (Å²) in [5, 5.41) is 17.8. The minimum atomic E-state index is -0.396. The second kappa shape index (κ2) is 15.4. The predicted octanol–water partition coefficient (Wildman–Crippen LogP) is 5.97. The molecular weight excluding hydrogens is 665 g/mol. The first kappa shape index (κ1) is 39.7. The molecule has 5 rings (SSSR count). The van der Waals surface area contributed by atoms with Crippen LogP contribution in [0.5, 0.6) is 0 Å². The van der Waals surface area contributed by atoms with Crippen molar-refractivity contribution >= 4 is 23.1 Å². The minimum Gasteiger partial charge on any atom is -0.607 e. The lowest BCUT2D eigenvalue weighted by atomic mass is 9.85. The third kappa shape index (κ3) is 8.65. The number of likely N-dealkylation sites (N-methyl/N-ethyl adjacent to an activating group) is 2. The van der Waals surface area contributed by atoms with Crippen LogP contribution in [0.15, 0.2) is 119 Å². The molecule has 284 valence electrons. The topological polar surface area (TPSA) is 108 Å². The van der Waals surface area contributed by atoms with Gasteiger partial charge in [-0.25, -0.2) is 15.0 Å². The van der Waals surface area contributed by atoms with Crippen molar-refractivity contribution in [1.29, 1.82) is 0 Å². The molecule has 1 saturated heterocycles. The number of carbonyl (C=O) groups is 1. The highest BCUT2D eigenvalue weighted by atomic mass is 16.6. The Balaban J connectivity index is 1.67. The molecule has 1 N–H and O–H groups in total. The molecule has 0 spiro atoms. The van der Waals surface area contributed by atoms with Crippen molar-refractivity contribution in [2.24, 2.45) is 26.8 Å². The van der Waals surface area contributed by atoms with Crippen molar-refractivity contribution in [3.63, 3.8) is 0 Å². The second-order valence-electron chi connectivity index (χ2n) is 16.7. The first-order valence-corrected chi connectivity index (χ1v) is 18.8. The summed E-state index contributed by atoms with van der Waals surface area (Å²) in [4.78, 5) is 28.4. The molecule has 5 heterocycles. The number of nitrogens with one attached hydrogen (secondary N) is 1. The zero-order valence-electron chi connectivity index (χ0n) is 34.0. The maximum atomic E-state index is 14.0. The monoisotopic (exact) mass is 723 g/mol. The van der Waals surface area contributed by atoms with Gasteiger partial charge in [0.15, 0.2) is 0 Å². The first-order chi connectivity index (χ1) is 24.8. The number of ether oxygens (including phenoxy) is 2. The van der Waals surface area contributed by atoms with E-state index >= 15 is 0 Å². The fourth-order valence-electron chi connectivity index (χ4n) is 7.23. The van der Waals surface area contributed by atoms with E-state index in [2.05, 4.69) is 88.0 Å². The molecule has 0 saturated carbocycles. The lowest BCUT2D eigenvalue weighted by Crippen LogP contribution is -2.38. The molecule has 1 fully saturated rings. The average molecular weight is 724 g/mol. The largest absolute Gasteiger partial charge is 0.607 e. The molecule has 0 unspecified atom stereocenters. The normalized spacial score (nSPS) is 22.7. The standard InChI is InChI=1S/C43H59N6O4/c1-14-30-25(3)33-22-35-27(5)32(16-17-39(50)52-20-18-48(8,9)10)41(46-35)29(7)42-40(43(51)53-21-19-49(11,12)13)28(6)36(47-42)24-38-31(15-2)26(4)34(45-38)23-37(30)44-33/h14,22-24,27,32H,1,15-21H2,2-13H3,(H-,44,45,46,47,51)/q+1/t27-,32-/m0/s1. The number of fused-ring (bicyclic) bond motifs is 5. The van der Waals surface area contributed by atoms with E-state index in [0.717, 1.165) is 80.6 Å². The van der Waals surface area contributed by atoms with E-state index in [1.165, 1.54) is 0 Å². The van der Waals surface area contributed by atoms with Crippen molar-refractivity contribution in [3.8, 4) is 0 Å². The van der Waals surface area contributed by atoms with E-state index in [4.69, 9.17) is 24.5 Å². The zero-order valence-corrected chi connectivity index (χ0v) is 34.0. The lowest BCUT2D eigenvalue weighted by Gasteiger charge is -2.27. The second-order valence-corrected chi connectivity index (χ2v) is 16.7. The number of allylic oxidation sites excluding steroid dienone is 12. The van der Waals surface area contributed by atoms with Gasteiger partial charge in [-0.1, -0.05) is 26.5 Å². The summed E-state index contributed by atoms with van der Waals surface area (Å²) < 4.78 is 13.0. The van der Waals surface area contributed by atoms with Crippen LogP contribution in [-0.2, 0) is 14.3 Å². The third-order valence-electron chi connectivity index (χ3n) is 10.7. The molecule has 5 aliphatic rings. The van der Waals surface area contributed by atoms with Gasteiger partial charge in [-0.2, -0.15) is 0 Å². The molecule has 0 amide bonds. The fourth-order valence-corrected chi connectivity index (χ4v) is 7.23. The van der Waals surface area contributed by atoms with Gasteiger partial charge in [0.05, 0.1) is 89.0 Å². The smallest absolute Gasteiger partial charge is 0.306 e. The molecular formula is C43H59N6O4+. The van der Waals surface area contributed by atoms with Crippen LogP contribution in [0, 0.1) is 11.8 Å². The maximum Gasteiger partial charge on any atom is 0.306 e. The number of nitrogens with zero attached hydrogens (tertiary/aromatic N) is 5. The van der Waals surface area contributed by atoms with Gasteiger partial charge in [0.25, 0.3) is 0 Å². The van der Waals surface area contributed by atoms with Crippen LogP contribution >= 0.6 is 0 Å². The molecule has 5 aliphatic heterocycles. The van der Waals surface area contributed by atoms with Crippen LogP contribution in [0.1, 0.15) is 60.8 Å². The number of rotatable bonds is 12. The van der Waals surface area contributed by atoms with Gasteiger partial charge in [0, 0.05) is 47.4 Å². The number of hydrogen-bond donors (Lipinski definition) is 1. The highest BCUT2D eigenvalue weighted by Gasteiger charge is 2.37. The van der Waals surface area contributed by atoms with E-state index < -0.39 is 5.95 Å². The summed E-state index contributed by atoms with van der Waals surface area (Å²) in [6.45, 7) is 18.6. The number of carbonyl (C=O) groups excluding carboxylic acids is 1. The summed E-state index contributed by atoms with van der Waals surface area (Å²) in [5.74, 6) is -0.664. The summed E-state index contributed by atoms with van der Waals surface area (Å²) in [6.07, 6.45) is 9.63. The van der Waals surface area contributed by atoms with E-state index in [9.17, 15) is 9.90 Å². The molecule has 0 aromatic carbocycles. The Kier molecular flexibility index (Phi) is 11.6. The lowest BCUT2D eigenvalue weighted by molar-refractivity contribution is -0.870. The Labute approximate surface area is 316 Å². The van der Waals surface area contributed by atoms with Gasteiger partial charge < -0.3 is 28.9 Å². The molecule has 10 heteroatoms. The molecule has 0 aromatic rings. The highest BCUT2D eigenvalue weighted by molar-refractivity contribution is 6.18. The number of aliphatic imine (C=N–C) groups is 3. The first-order valence-electron chi connectivity index (χ1n) is 18.8. The van der Waals surface area contributed by atoms with Gasteiger partial charge in [-0.05, 0) is 86.6 Å². The summed E-state index contributed by atoms with van der Waals surface area (Å²) >= 11 is 0. The van der Waals surface area contributed by atoms with E-state index in [0.29, 0.717) is 45.5 Å². The number of quaternary nitrogens is 2. The van der Waals surface area contributed by atoms with Crippen LogP contribution in [0.2, 0.25) is 0 Å². The van der Waals surface area contributed by atoms with Crippen LogP contribution in [0.3, 0.4) is 0 Å². The van der Waals surface area contributed by atoms with Crippen LogP contribution in [-0.4, -0.2) is 101 Å². The Hall–Kier alpha value is -4.54. The minimum absolute atomic E-state index is 0.0145. The van der Waals surface area contributed by atoms with E-state index in [1.807, 2.05) is 32.1 Å². The summed E-state index contributed by atoms with van der Waals surface area (Å²) in [6, 6.07) is 0. The number of esters is 1. The Morgan fingerprint density at radius 2 is 1.49 bits per heavy atom. The molecule has 0 aromatic heterocycles. The predicted molar refractivity (Wildman–Crippen MR) is 213 cm³/mol. The van der Waals surface area contributed by atoms with E-state index in [-0.39, 0.29) is 30.8 Å². The molecule has 0 radical (unpaired) electrons.